The van der Waals surface area contributed by atoms with Crippen LogP contribution in [-0.4, -0.2) is 36.1 Å². The van der Waals surface area contributed by atoms with Gasteiger partial charge < -0.3 is 19.6 Å². The molecular formula is C26H32N2O3. The van der Waals surface area contributed by atoms with Gasteiger partial charge in [-0.05, 0) is 47.9 Å². The van der Waals surface area contributed by atoms with Crippen LogP contribution in [0.3, 0.4) is 0 Å². The molecule has 0 bridgehead atoms. The highest BCUT2D eigenvalue weighted by Crippen LogP contribution is 2.35. The molecule has 0 saturated heterocycles. The van der Waals surface area contributed by atoms with Gasteiger partial charge in [0.25, 0.3) is 0 Å². The molecule has 0 fully saturated rings. The van der Waals surface area contributed by atoms with Crippen molar-refractivity contribution in [3.8, 4) is 17.2 Å². The lowest BCUT2D eigenvalue weighted by Gasteiger charge is -2.26. The number of ether oxygens (including phenoxy) is 2. The fourth-order valence-corrected chi connectivity index (χ4v) is 4.19. The standard InChI is InChI=1S/C26H32N2O3/c1-25(2,3)24-23-18(11-12-27-24)19-14-17(8-9-20(19)28-23)31-15-26(4,5)16-7-10-21(29)22(13-16)30-6/h7-10,13-14,28-29H,11-12,15H2,1-6H3. The van der Waals surface area contributed by atoms with Gasteiger partial charge in [-0.25, -0.2) is 0 Å². The summed E-state index contributed by atoms with van der Waals surface area (Å²) in [5, 5.41) is 11.1. The highest BCUT2D eigenvalue weighted by Gasteiger charge is 2.28. The molecule has 1 aromatic heterocycles. The number of aromatic amines is 1. The number of aromatic hydroxyl groups is 1. The molecule has 31 heavy (non-hydrogen) atoms. The van der Waals surface area contributed by atoms with Crippen molar-refractivity contribution in [1.82, 2.24) is 4.98 Å². The number of benzene rings is 2. The predicted molar refractivity (Wildman–Crippen MR) is 126 cm³/mol. The van der Waals surface area contributed by atoms with E-state index in [0.29, 0.717) is 12.4 Å². The first kappa shape index (κ1) is 21.3. The Morgan fingerprint density at radius 3 is 2.55 bits per heavy atom. The van der Waals surface area contributed by atoms with Crippen LogP contribution in [0.5, 0.6) is 17.2 Å². The average molecular weight is 421 g/mol. The predicted octanol–water partition coefficient (Wildman–Crippen LogP) is 5.63. The summed E-state index contributed by atoms with van der Waals surface area (Å²) in [7, 11) is 1.56. The Balaban J connectivity index is 1.59. The van der Waals surface area contributed by atoms with E-state index in [9.17, 15) is 5.11 Å². The number of aliphatic imine (C=N–C) groups is 1. The SMILES string of the molecule is COc1cc(C(C)(C)COc2ccc3[nH]c4c(c3c2)CCN=C4C(C)(C)C)ccc1O. The molecule has 5 nitrogen and oxygen atoms in total. The Morgan fingerprint density at radius 2 is 1.84 bits per heavy atom. The van der Waals surface area contributed by atoms with E-state index in [0.717, 1.165) is 35.5 Å². The van der Waals surface area contributed by atoms with Crippen molar-refractivity contribution in [3.63, 3.8) is 0 Å². The van der Waals surface area contributed by atoms with Crippen LogP contribution in [0.4, 0.5) is 0 Å². The molecule has 5 heteroatoms. The van der Waals surface area contributed by atoms with Crippen molar-refractivity contribution in [2.45, 2.75) is 46.5 Å². The molecule has 2 heterocycles. The zero-order chi connectivity index (χ0) is 22.4. The maximum atomic E-state index is 9.89. The smallest absolute Gasteiger partial charge is 0.160 e. The van der Waals surface area contributed by atoms with E-state index in [1.165, 1.54) is 16.6 Å². The van der Waals surface area contributed by atoms with Crippen LogP contribution in [0, 0.1) is 5.41 Å². The zero-order valence-corrected chi connectivity index (χ0v) is 19.3. The summed E-state index contributed by atoms with van der Waals surface area (Å²) < 4.78 is 11.5. The first-order chi connectivity index (χ1) is 14.6. The normalized spacial score (nSPS) is 14.3. The van der Waals surface area contributed by atoms with Crippen LogP contribution >= 0.6 is 0 Å². The van der Waals surface area contributed by atoms with Crippen LogP contribution in [0.2, 0.25) is 0 Å². The summed E-state index contributed by atoms with van der Waals surface area (Å²) in [6, 6.07) is 11.7. The number of hydrogen-bond donors (Lipinski definition) is 2. The topological polar surface area (TPSA) is 66.8 Å². The third-order valence-corrected chi connectivity index (χ3v) is 6.02. The molecule has 2 N–H and O–H groups in total. The number of rotatable bonds is 5. The lowest BCUT2D eigenvalue weighted by atomic mass is 9.84. The number of nitrogens with zero attached hydrogens (tertiary/aromatic N) is 1. The van der Waals surface area contributed by atoms with Crippen LogP contribution in [0.25, 0.3) is 10.9 Å². The minimum absolute atomic E-state index is 0.00454. The third-order valence-electron chi connectivity index (χ3n) is 6.02. The molecule has 0 saturated carbocycles. The second-order valence-corrected chi connectivity index (χ2v) is 9.98. The van der Waals surface area contributed by atoms with Gasteiger partial charge in [0.1, 0.15) is 5.75 Å². The molecule has 0 radical (unpaired) electrons. The molecule has 1 aliphatic heterocycles. The molecule has 3 aromatic rings. The number of H-pyrrole nitrogens is 1. The second-order valence-electron chi connectivity index (χ2n) is 9.98. The van der Waals surface area contributed by atoms with Crippen LogP contribution in [-0.2, 0) is 11.8 Å². The number of phenols is 1. The molecule has 0 amide bonds. The fraction of sp³-hybridized carbons (Fsp3) is 0.423. The lowest BCUT2D eigenvalue weighted by Crippen LogP contribution is -2.26. The lowest BCUT2D eigenvalue weighted by molar-refractivity contribution is 0.240. The third kappa shape index (κ3) is 4.01. The van der Waals surface area contributed by atoms with E-state index in [4.69, 9.17) is 14.5 Å². The van der Waals surface area contributed by atoms with Gasteiger partial charge in [0.2, 0.25) is 0 Å². The van der Waals surface area contributed by atoms with Crippen molar-refractivity contribution < 1.29 is 14.6 Å². The number of phenolic OH excluding ortho intramolecular Hbond substituents is 1. The minimum atomic E-state index is -0.250. The van der Waals surface area contributed by atoms with Gasteiger partial charge in [-0.3, -0.25) is 4.99 Å². The molecule has 4 rings (SSSR count). The summed E-state index contributed by atoms with van der Waals surface area (Å²) in [5.41, 5.74) is 5.58. The maximum Gasteiger partial charge on any atom is 0.160 e. The second kappa shape index (κ2) is 7.63. The minimum Gasteiger partial charge on any atom is -0.504 e. The quantitative estimate of drug-likeness (QED) is 0.562. The summed E-state index contributed by atoms with van der Waals surface area (Å²) in [5.74, 6) is 1.47. The Bertz CT molecular complexity index is 1150. The van der Waals surface area contributed by atoms with Crippen molar-refractivity contribution in [1.29, 1.82) is 0 Å². The van der Waals surface area contributed by atoms with Crippen molar-refractivity contribution in [2.75, 3.05) is 20.3 Å². The molecule has 0 spiro atoms. The van der Waals surface area contributed by atoms with Crippen LogP contribution < -0.4 is 9.47 Å². The summed E-state index contributed by atoms with van der Waals surface area (Å²) in [6.45, 7) is 12.2. The summed E-state index contributed by atoms with van der Waals surface area (Å²) in [6.07, 6.45) is 0.942. The van der Waals surface area contributed by atoms with Crippen LogP contribution in [0.15, 0.2) is 41.4 Å². The molecule has 0 atom stereocenters. The molecule has 1 aliphatic rings. The number of hydrogen-bond acceptors (Lipinski definition) is 4. The Kier molecular flexibility index (Phi) is 5.24. The zero-order valence-electron chi connectivity index (χ0n) is 19.3. The average Bonchev–Trinajstić information content (AvgIpc) is 3.09. The highest BCUT2D eigenvalue weighted by molar-refractivity contribution is 6.08. The van der Waals surface area contributed by atoms with E-state index in [-0.39, 0.29) is 16.6 Å². The molecule has 0 unspecified atom stereocenters. The number of nitrogens with one attached hydrogen (secondary N) is 1. The highest BCUT2D eigenvalue weighted by atomic mass is 16.5. The number of fused-ring (bicyclic) bond motifs is 3. The van der Waals surface area contributed by atoms with Crippen molar-refractivity contribution >= 4 is 16.6 Å². The van der Waals surface area contributed by atoms with Gasteiger partial charge in [0.15, 0.2) is 11.5 Å². The van der Waals surface area contributed by atoms with Crippen molar-refractivity contribution in [3.05, 3.63) is 53.2 Å². The Hall–Kier alpha value is -2.95. The van der Waals surface area contributed by atoms with Gasteiger partial charge in [-0.2, -0.15) is 0 Å². The summed E-state index contributed by atoms with van der Waals surface area (Å²) >= 11 is 0. The van der Waals surface area contributed by atoms with E-state index < -0.39 is 0 Å². The van der Waals surface area contributed by atoms with Crippen molar-refractivity contribution in [2.24, 2.45) is 10.4 Å². The van der Waals surface area contributed by atoms with Gasteiger partial charge in [0, 0.05) is 28.3 Å². The van der Waals surface area contributed by atoms with Gasteiger partial charge in [-0.15, -0.1) is 0 Å². The molecule has 164 valence electrons. The fourth-order valence-electron chi connectivity index (χ4n) is 4.19. The van der Waals surface area contributed by atoms with Gasteiger partial charge in [0.05, 0.1) is 25.1 Å². The number of methoxy groups -OCH3 is 1. The largest absolute Gasteiger partial charge is 0.504 e. The first-order valence-electron chi connectivity index (χ1n) is 10.8. The molecular weight excluding hydrogens is 388 g/mol. The van der Waals surface area contributed by atoms with Crippen LogP contribution in [0.1, 0.15) is 51.4 Å². The van der Waals surface area contributed by atoms with E-state index >= 15 is 0 Å². The van der Waals surface area contributed by atoms with E-state index in [1.54, 1.807) is 13.2 Å². The first-order valence-corrected chi connectivity index (χ1v) is 10.8. The Morgan fingerprint density at radius 1 is 1.06 bits per heavy atom. The van der Waals surface area contributed by atoms with E-state index in [1.807, 2.05) is 18.2 Å². The van der Waals surface area contributed by atoms with Gasteiger partial charge in [-0.1, -0.05) is 40.7 Å². The molecule has 0 aliphatic carbocycles. The van der Waals surface area contributed by atoms with Gasteiger partial charge >= 0.3 is 0 Å². The maximum absolute atomic E-state index is 9.89. The monoisotopic (exact) mass is 420 g/mol. The van der Waals surface area contributed by atoms with E-state index in [2.05, 4.69) is 51.7 Å². The number of aromatic nitrogens is 1. The Labute approximate surface area is 184 Å². The summed E-state index contributed by atoms with van der Waals surface area (Å²) in [4.78, 5) is 8.40. The molecule has 2 aromatic carbocycles.